The first-order chi connectivity index (χ1) is 12.1. The van der Waals surface area contributed by atoms with Crippen LogP contribution in [-0.2, 0) is 4.79 Å². The Morgan fingerprint density at radius 3 is 2.84 bits per heavy atom. The number of hydrogen-bond acceptors (Lipinski definition) is 3. The average Bonchev–Trinajstić information content (AvgIpc) is 3.22. The first-order valence-corrected chi connectivity index (χ1v) is 8.95. The normalized spacial score (nSPS) is 24.9. The molecule has 6 heteroatoms. The minimum Gasteiger partial charge on any atom is -0.308 e. The van der Waals surface area contributed by atoms with E-state index in [9.17, 15) is 9.18 Å². The molecule has 132 valence electrons. The van der Waals surface area contributed by atoms with Gasteiger partial charge in [-0.1, -0.05) is 12.1 Å². The van der Waals surface area contributed by atoms with Crippen LogP contribution in [0, 0.1) is 12.7 Å². The lowest BCUT2D eigenvalue weighted by Gasteiger charge is -2.35. The van der Waals surface area contributed by atoms with Gasteiger partial charge in [-0.25, -0.2) is 4.39 Å². The number of H-pyrrole nitrogens is 1. The minimum atomic E-state index is -0.333. The van der Waals surface area contributed by atoms with Crippen LogP contribution in [0.2, 0.25) is 0 Å². The molecule has 0 aliphatic carbocycles. The molecule has 3 heterocycles. The maximum absolute atomic E-state index is 14.1. The number of anilines is 1. The summed E-state index contributed by atoms with van der Waals surface area (Å²) in [5, 5.41) is 7.41. The zero-order chi connectivity index (χ0) is 17.4. The van der Waals surface area contributed by atoms with E-state index >= 15 is 0 Å². The highest BCUT2D eigenvalue weighted by molar-refractivity contribution is 5.99. The molecule has 4 rings (SSSR count). The first-order valence-electron chi connectivity index (χ1n) is 8.95. The van der Waals surface area contributed by atoms with Crippen molar-refractivity contribution in [1.82, 2.24) is 15.1 Å². The Hall–Kier alpha value is -2.21. The van der Waals surface area contributed by atoms with E-state index in [0.29, 0.717) is 18.2 Å². The van der Waals surface area contributed by atoms with Crippen molar-refractivity contribution >= 4 is 11.6 Å². The van der Waals surface area contributed by atoms with Gasteiger partial charge < -0.3 is 4.90 Å². The molecule has 0 bridgehead atoms. The number of nitrogens with one attached hydrogen (secondary N) is 1. The zero-order valence-electron chi connectivity index (χ0n) is 14.4. The van der Waals surface area contributed by atoms with Gasteiger partial charge in [0.15, 0.2) is 0 Å². The lowest BCUT2D eigenvalue weighted by Crippen LogP contribution is -2.46. The fourth-order valence-corrected chi connectivity index (χ4v) is 4.09. The predicted octanol–water partition coefficient (Wildman–Crippen LogP) is 2.84. The molecule has 0 saturated carbocycles. The second-order valence-electron chi connectivity index (χ2n) is 7.06. The maximum atomic E-state index is 14.1. The number of likely N-dealkylation sites (tertiary alicyclic amines) is 1. The Morgan fingerprint density at radius 1 is 1.24 bits per heavy atom. The van der Waals surface area contributed by atoms with E-state index in [1.165, 1.54) is 6.07 Å². The van der Waals surface area contributed by atoms with Crippen LogP contribution in [0.1, 0.15) is 36.6 Å². The van der Waals surface area contributed by atoms with Crippen molar-refractivity contribution in [3.05, 3.63) is 47.5 Å². The number of hydrogen-bond donors (Lipinski definition) is 1. The SMILES string of the molecule is Cc1cc([C@@H]2CCCN([C@@H]3CCN(c4ccccc4F)C3=O)C2)n[nH]1. The van der Waals surface area contributed by atoms with E-state index in [1.807, 2.05) is 6.92 Å². The van der Waals surface area contributed by atoms with Crippen molar-refractivity contribution in [2.45, 2.75) is 38.1 Å². The summed E-state index contributed by atoms with van der Waals surface area (Å²) in [6.07, 6.45) is 2.90. The molecule has 1 aromatic carbocycles. The Balaban J connectivity index is 1.49. The van der Waals surface area contributed by atoms with E-state index < -0.39 is 0 Å². The average molecular weight is 342 g/mol. The fraction of sp³-hybridized carbons (Fsp3) is 0.474. The topological polar surface area (TPSA) is 52.2 Å². The van der Waals surface area contributed by atoms with E-state index in [1.54, 1.807) is 23.1 Å². The largest absolute Gasteiger partial charge is 0.308 e. The van der Waals surface area contributed by atoms with Crippen LogP contribution in [0.5, 0.6) is 0 Å². The fourth-order valence-electron chi connectivity index (χ4n) is 4.09. The molecule has 1 N–H and O–H groups in total. The zero-order valence-corrected chi connectivity index (χ0v) is 14.4. The minimum absolute atomic E-state index is 0.0176. The number of aromatic amines is 1. The van der Waals surface area contributed by atoms with Crippen molar-refractivity contribution in [1.29, 1.82) is 0 Å². The van der Waals surface area contributed by atoms with Crippen LogP contribution in [0.25, 0.3) is 0 Å². The number of benzene rings is 1. The highest BCUT2D eigenvalue weighted by Crippen LogP contribution is 2.32. The monoisotopic (exact) mass is 342 g/mol. The second kappa shape index (κ2) is 6.59. The molecule has 25 heavy (non-hydrogen) atoms. The number of piperidine rings is 1. The molecule has 2 fully saturated rings. The molecule has 0 spiro atoms. The summed E-state index contributed by atoms with van der Waals surface area (Å²) in [7, 11) is 0. The van der Waals surface area contributed by atoms with Gasteiger partial charge in [0.1, 0.15) is 5.82 Å². The summed E-state index contributed by atoms with van der Waals surface area (Å²) in [6, 6.07) is 8.46. The molecular weight excluding hydrogens is 319 g/mol. The van der Waals surface area contributed by atoms with Crippen LogP contribution in [0.3, 0.4) is 0 Å². The quantitative estimate of drug-likeness (QED) is 0.933. The van der Waals surface area contributed by atoms with Gasteiger partial charge in [-0.2, -0.15) is 5.10 Å². The van der Waals surface area contributed by atoms with E-state index in [2.05, 4.69) is 21.2 Å². The Kier molecular flexibility index (Phi) is 4.29. The van der Waals surface area contributed by atoms with E-state index in [-0.39, 0.29) is 17.8 Å². The molecule has 0 unspecified atom stereocenters. The van der Waals surface area contributed by atoms with Gasteiger partial charge in [-0.3, -0.25) is 14.8 Å². The van der Waals surface area contributed by atoms with Crippen molar-refractivity contribution < 1.29 is 9.18 Å². The lowest BCUT2D eigenvalue weighted by molar-refractivity contribution is -0.122. The molecule has 2 aliphatic rings. The van der Waals surface area contributed by atoms with Crippen LogP contribution in [0.4, 0.5) is 10.1 Å². The number of para-hydroxylation sites is 1. The van der Waals surface area contributed by atoms with Gasteiger partial charge in [-0.05, 0) is 50.9 Å². The van der Waals surface area contributed by atoms with Crippen LogP contribution < -0.4 is 4.90 Å². The summed E-state index contributed by atoms with van der Waals surface area (Å²) in [4.78, 5) is 16.8. The number of carbonyl (C=O) groups excluding carboxylic acids is 1. The molecule has 1 aromatic heterocycles. The summed E-state index contributed by atoms with van der Waals surface area (Å²) in [5.41, 5.74) is 2.54. The molecular formula is C19H23FN4O. The third-order valence-electron chi connectivity index (χ3n) is 5.36. The number of carbonyl (C=O) groups is 1. The molecule has 2 saturated heterocycles. The van der Waals surface area contributed by atoms with Gasteiger partial charge in [0.05, 0.1) is 17.4 Å². The second-order valence-corrected chi connectivity index (χ2v) is 7.06. The summed E-state index contributed by atoms with van der Waals surface area (Å²) in [5.74, 6) is 0.0398. The van der Waals surface area contributed by atoms with Crippen molar-refractivity contribution in [2.75, 3.05) is 24.5 Å². The molecule has 2 atom stereocenters. The highest BCUT2D eigenvalue weighted by atomic mass is 19.1. The van der Waals surface area contributed by atoms with Crippen molar-refractivity contribution in [3.63, 3.8) is 0 Å². The standard InChI is InChI=1S/C19H23FN4O/c1-13-11-16(22-21-13)14-5-4-9-23(12-14)18-8-10-24(19(18)25)17-7-3-2-6-15(17)20/h2-3,6-7,11,14,18H,4-5,8-10,12H2,1H3,(H,21,22)/t14-,18-/m1/s1. The smallest absolute Gasteiger partial charge is 0.244 e. The summed E-state index contributed by atoms with van der Waals surface area (Å²) < 4.78 is 14.1. The number of amides is 1. The van der Waals surface area contributed by atoms with E-state index in [0.717, 1.165) is 43.7 Å². The third kappa shape index (κ3) is 3.06. The van der Waals surface area contributed by atoms with Crippen molar-refractivity contribution in [3.8, 4) is 0 Å². The maximum Gasteiger partial charge on any atom is 0.244 e. The number of rotatable bonds is 3. The van der Waals surface area contributed by atoms with Gasteiger partial charge >= 0.3 is 0 Å². The van der Waals surface area contributed by atoms with E-state index in [4.69, 9.17) is 0 Å². The molecule has 1 amide bonds. The molecule has 2 aromatic rings. The number of halogens is 1. The highest BCUT2D eigenvalue weighted by Gasteiger charge is 2.39. The molecule has 2 aliphatic heterocycles. The molecule has 5 nitrogen and oxygen atoms in total. The van der Waals surface area contributed by atoms with Crippen molar-refractivity contribution in [2.24, 2.45) is 0 Å². The first kappa shape index (κ1) is 16.3. The van der Waals surface area contributed by atoms with Gasteiger partial charge in [-0.15, -0.1) is 0 Å². The Labute approximate surface area is 146 Å². The Bertz CT molecular complexity index is 774. The summed E-state index contributed by atoms with van der Waals surface area (Å²) >= 11 is 0. The predicted molar refractivity (Wildman–Crippen MR) is 94.0 cm³/mol. The van der Waals surface area contributed by atoms with Crippen LogP contribution in [-0.4, -0.2) is 46.7 Å². The number of nitrogens with zero attached hydrogens (tertiary/aromatic N) is 3. The molecule has 0 radical (unpaired) electrons. The third-order valence-corrected chi connectivity index (χ3v) is 5.36. The number of aryl methyl sites for hydroxylation is 1. The van der Waals surface area contributed by atoms with Crippen LogP contribution >= 0.6 is 0 Å². The lowest BCUT2D eigenvalue weighted by atomic mass is 9.93. The van der Waals surface area contributed by atoms with Gasteiger partial charge in [0.25, 0.3) is 0 Å². The van der Waals surface area contributed by atoms with Crippen LogP contribution in [0.15, 0.2) is 30.3 Å². The summed E-state index contributed by atoms with van der Waals surface area (Å²) in [6.45, 7) is 4.34. The van der Waals surface area contributed by atoms with Gasteiger partial charge in [0.2, 0.25) is 5.91 Å². The van der Waals surface area contributed by atoms with Gasteiger partial charge in [0, 0.05) is 24.7 Å². The number of aromatic nitrogens is 2. The Morgan fingerprint density at radius 2 is 2.08 bits per heavy atom.